The molecule has 2 N–H and O–H groups in total. The van der Waals surface area contributed by atoms with Crippen molar-refractivity contribution in [1.82, 2.24) is 9.88 Å². The normalized spacial score (nSPS) is 14.8. The van der Waals surface area contributed by atoms with Gasteiger partial charge < -0.3 is 20.4 Å². The Hall–Kier alpha value is -2.64. The SMILES string of the molecule is Cc1cc(NC(=O)Nc2ccc3nccc(N4CCN(C)CC4)c3c2)ccc1Br. The molecule has 0 aliphatic carbocycles. The zero-order valence-corrected chi connectivity index (χ0v) is 18.2. The van der Waals surface area contributed by atoms with Crippen molar-refractivity contribution in [1.29, 1.82) is 0 Å². The number of anilines is 3. The van der Waals surface area contributed by atoms with Crippen molar-refractivity contribution in [3.63, 3.8) is 0 Å². The number of hydrogen-bond acceptors (Lipinski definition) is 4. The number of halogens is 1. The van der Waals surface area contributed by atoms with E-state index in [1.165, 1.54) is 0 Å². The van der Waals surface area contributed by atoms with Crippen LogP contribution < -0.4 is 15.5 Å². The average Bonchev–Trinajstić information content (AvgIpc) is 2.71. The summed E-state index contributed by atoms with van der Waals surface area (Å²) < 4.78 is 1.02. The van der Waals surface area contributed by atoms with Crippen molar-refractivity contribution in [2.75, 3.05) is 48.8 Å². The molecule has 0 atom stereocenters. The molecule has 0 saturated carbocycles. The Morgan fingerprint density at radius 1 is 1.00 bits per heavy atom. The summed E-state index contributed by atoms with van der Waals surface area (Å²) in [5, 5.41) is 6.87. The van der Waals surface area contributed by atoms with Crippen LogP contribution in [0.2, 0.25) is 0 Å². The summed E-state index contributed by atoms with van der Waals surface area (Å²) in [5.74, 6) is 0. The number of rotatable bonds is 3. The number of carbonyl (C=O) groups excluding carboxylic acids is 1. The maximum absolute atomic E-state index is 12.5. The Labute approximate surface area is 179 Å². The smallest absolute Gasteiger partial charge is 0.323 e. The van der Waals surface area contributed by atoms with Crippen LogP contribution in [-0.4, -0.2) is 49.1 Å². The number of benzene rings is 2. The van der Waals surface area contributed by atoms with Gasteiger partial charge in [-0.3, -0.25) is 4.98 Å². The molecule has 1 saturated heterocycles. The van der Waals surface area contributed by atoms with E-state index in [1.807, 2.05) is 49.5 Å². The van der Waals surface area contributed by atoms with E-state index >= 15 is 0 Å². The molecule has 2 aromatic carbocycles. The maximum Gasteiger partial charge on any atom is 0.323 e. The molecular formula is C22H24BrN5O. The molecule has 29 heavy (non-hydrogen) atoms. The summed E-state index contributed by atoms with van der Waals surface area (Å²) >= 11 is 3.47. The third kappa shape index (κ3) is 4.52. The van der Waals surface area contributed by atoms with E-state index in [9.17, 15) is 4.79 Å². The van der Waals surface area contributed by atoms with Gasteiger partial charge in [-0.05, 0) is 62.0 Å². The molecule has 0 bridgehead atoms. The number of fused-ring (bicyclic) bond motifs is 1. The van der Waals surface area contributed by atoms with Crippen molar-refractivity contribution >= 4 is 49.9 Å². The Kier molecular flexibility index (Phi) is 5.69. The number of aromatic nitrogens is 1. The minimum Gasteiger partial charge on any atom is -0.368 e. The van der Waals surface area contributed by atoms with Gasteiger partial charge in [0.15, 0.2) is 0 Å². The molecule has 0 radical (unpaired) electrons. The molecule has 2 amide bonds. The average molecular weight is 454 g/mol. The first-order valence-corrected chi connectivity index (χ1v) is 10.5. The fraction of sp³-hybridized carbons (Fsp3) is 0.273. The predicted octanol–water partition coefficient (Wildman–Crippen LogP) is 4.70. The molecule has 1 aromatic heterocycles. The summed E-state index contributed by atoms with van der Waals surface area (Å²) in [6.45, 7) is 6.03. The highest BCUT2D eigenvalue weighted by atomic mass is 79.9. The Morgan fingerprint density at radius 3 is 2.41 bits per heavy atom. The van der Waals surface area contributed by atoms with Crippen LogP contribution >= 0.6 is 15.9 Å². The van der Waals surface area contributed by atoms with E-state index < -0.39 is 0 Å². The highest BCUT2D eigenvalue weighted by Gasteiger charge is 2.17. The van der Waals surface area contributed by atoms with Crippen LogP contribution in [0.5, 0.6) is 0 Å². The minimum atomic E-state index is -0.267. The molecule has 2 heterocycles. The number of aryl methyl sites for hydroxylation is 1. The van der Waals surface area contributed by atoms with Crippen molar-refractivity contribution in [3.05, 3.63) is 58.7 Å². The number of amides is 2. The zero-order valence-electron chi connectivity index (χ0n) is 16.6. The molecule has 7 heteroatoms. The third-order valence-corrected chi connectivity index (χ3v) is 6.13. The largest absolute Gasteiger partial charge is 0.368 e. The first-order valence-electron chi connectivity index (χ1n) is 9.66. The third-order valence-electron chi connectivity index (χ3n) is 5.24. The second-order valence-electron chi connectivity index (χ2n) is 7.40. The number of nitrogens with one attached hydrogen (secondary N) is 2. The topological polar surface area (TPSA) is 60.5 Å². The van der Waals surface area contributed by atoms with Crippen molar-refractivity contribution in [2.45, 2.75) is 6.92 Å². The van der Waals surface area contributed by atoms with Gasteiger partial charge in [-0.2, -0.15) is 0 Å². The highest BCUT2D eigenvalue weighted by molar-refractivity contribution is 9.10. The van der Waals surface area contributed by atoms with Gasteiger partial charge in [0.2, 0.25) is 0 Å². The quantitative estimate of drug-likeness (QED) is 0.603. The Balaban J connectivity index is 1.54. The summed E-state index contributed by atoms with van der Waals surface area (Å²) in [4.78, 5) is 21.7. The van der Waals surface area contributed by atoms with Gasteiger partial charge in [-0.15, -0.1) is 0 Å². The first-order chi connectivity index (χ1) is 14.0. The molecule has 1 aliphatic rings. The molecule has 0 spiro atoms. The lowest BCUT2D eigenvalue weighted by Gasteiger charge is -2.34. The minimum absolute atomic E-state index is 0.267. The lowest BCUT2D eigenvalue weighted by molar-refractivity contribution is 0.262. The van der Waals surface area contributed by atoms with E-state index in [1.54, 1.807) is 0 Å². The number of pyridine rings is 1. The van der Waals surface area contributed by atoms with Crippen molar-refractivity contribution < 1.29 is 4.79 Å². The Morgan fingerprint density at radius 2 is 1.69 bits per heavy atom. The standard InChI is InChI=1S/C22H24BrN5O/c1-15-13-16(3-5-19(15)23)25-22(29)26-17-4-6-20-18(14-17)21(7-8-24-20)28-11-9-27(2)10-12-28/h3-8,13-14H,9-12H2,1-2H3,(H2,25,26,29). The number of nitrogens with zero attached hydrogens (tertiary/aromatic N) is 3. The number of piperazine rings is 1. The first kappa shape index (κ1) is 19.7. The molecular weight excluding hydrogens is 430 g/mol. The molecule has 0 unspecified atom stereocenters. The second kappa shape index (κ2) is 8.39. The number of likely N-dealkylation sites (N-methyl/N-ethyl adjacent to an activating group) is 1. The zero-order chi connectivity index (χ0) is 20.4. The molecule has 1 aliphatic heterocycles. The van der Waals surface area contributed by atoms with Gasteiger partial charge in [0, 0.05) is 59.3 Å². The van der Waals surface area contributed by atoms with Crippen LogP contribution in [0.1, 0.15) is 5.56 Å². The molecule has 150 valence electrons. The van der Waals surface area contributed by atoms with E-state index in [0.29, 0.717) is 0 Å². The molecule has 4 rings (SSSR count). The summed E-state index contributed by atoms with van der Waals surface area (Å²) in [6, 6.07) is 13.4. The molecule has 3 aromatic rings. The monoisotopic (exact) mass is 453 g/mol. The van der Waals surface area contributed by atoms with E-state index in [0.717, 1.165) is 64.2 Å². The summed E-state index contributed by atoms with van der Waals surface area (Å²) in [7, 11) is 2.15. The Bertz CT molecular complexity index is 1050. The maximum atomic E-state index is 12.5. The van der Waals surface area contributed by atoms with Gasteiger partial charge in [0.25, 0.3) is 0 Å². The van der Waals surface area contributed by atoms with Crippen LogP contribution in [-0.2, 0) is 0 Å². The van der Waals surface area contributed by atoms with Crippen LogP contribution in [0.25, 0.3) is 10.9 Å². The van der Waals surface area contributed by atoms with E-state index in [2.05, 4.69) is 54.5 Å². The lowest BCUT2D eigenvalue weighted by Crippen LogP contribution is -2.44. The second-order valence-corrected chi connectivity index (χ2v) is 8.25. The van der Waals surface area contributed by atoms with E-state index in [-0.39, 0.29) is 6.03 Å². The lowest BCUT2D eigenvalue weighted by atomic mass is 10.1. The molecule has 1 fully saturated rings. The van der Waals surface area contributed by atoms with Gasteiger partial charge in [-0.1, -0.05) is 15.9 Å². The summed E-state index contributed by atoms with van der Waals surface area (Å²) in [5.41, 5.74) is 4.65. The van der Waals surface area contributed by atoms with Gasteiger partial charge in [0.05, 0.1) is 5.52 Å². The number of urea groups is 1. The number of carbonyl (C=O) groups is 1. The van der Waals surface area contributed by atoms with Gasteiger partial charge >= 0.3 is 6.03 Å². The van der Waals surface area contributed by atoms with Crippen molar-refractivity contribution in [3.8, 4) is 0 Å². The van der Waals surface area contributed by atoms with Gasteiger partial charge in [0.1, 0.15) is 0 Å². The molecule has 6 nitrogen and oxygen atoms in total. The summed E-state index contributed by atoms with van der Waals surface area (Å²) in [6.07, 6.45) is 1.85. The fourth-order valence-corrected chi connectivity index (χ4v) is 3.80. The van der Waals surface area contributed by atoms with Crippen molar-refractivity contribution in [2.24, 2.45) is 0 Å². The number of hydrogen-bond donors (Lipinski definition) is 2. The fourth-order valence-electron chi connectivity index (χ4n) is 3.55. The predicted molar refractivity (Wildman–Crippen MR) is 123 cm³/mol. The van der Waals surface area contributed by atoms with Gasteiger partial charge in [-0.25, -0.2) is 4.79 Å². The van der Waals surface area contributed by atoms with Crippen LogP contribution in [0, 0.1) is 6.92 Å². The van der Waals surface area contributed by atoms with E-state index in [4.69, 9.17) is 0 Å². The highest BCUT2D eigenvalue weighted by Crippen LogP contribution is 2.29. The van der Waals surface area contributed by atoms with Crippen LogP contribution in [0.3, 0.4) is 0 Å². The van der Waals surface area contributed by atoms with Crippen LogP contribution in [0.15, 0.2) is 53.1 Å². The van der Waals surface area contributed by atoms with Crippen LogP contribution in [0.4, 0.5) is 21.9 Å².